The summed E-state index contributed by atoms with van der Waals surface area (Å²) in [5, 5.41) is 2.31. The molecule has 1 heterocycles. The van der Waals surface area contributed by atoms with Crippen LogP contribution in [0.5, 0.6) is 0 Å². The van der Waals surface area contributed by atoms with Gasteiger partial charge in [0.15, 0.2) is 0 Å². The molecule has 0 saturated carbocycles. The summed E-state index contributed by atoms with van der Waals surface area (Å²) in [6, 6.07) is 21.7. The highest BCUT2D eigenvalue weighted by atomic mass is 79.9. The molecule has 0 bridgehead atoms. The summed E-state index contributed by atoms with van der Waals surface area (Å²) in [5.41, 5.74) is 2.82. The molecule has 1 N–H and O–H groups in total. The lowest BCUT2D eigenvalue weighted by molar-refractivity contribution is -0.121. The van der Waals surface area contributed by atoms with E-state index in [4.69, 9.17) is 0 Å². The number of hydrogen-bond donors (Lipinski definition) is 1. The number of thioether (sulfide) groups is 1. The summed E-state index contributed by atoms with van der Waals surface area (Å²) in [5.74, 6) is -0.772. The molecule has 0 radical (unpaired) electrons. The van der Waals surface area contributed by atoms with Gasteiger partial charge in [0.1, 0.15) is 0 Å². The summed E-state index contributed by atoms with van der Waals surface area (Å²) >= 11 is 4.61. The van der Waals surface area contributed by atoms with Gasteiger partial charge >= 0.3 is 0 Å². The van der Waals surface area contributed by atoms with Gasteiger partial charge in [0, 0.05) is 21.5 Å². The fourth-order valence-electron chi connectivity index (χ4n) is 3.30. The van der Waals surface area contributed by atoms with Crippen molar-refractivity contribution < 1.29 is 14.4 Å². The van der Waals surface area contributed by atoms with Crippen molar-refractivity contribution in [2.75, 3.05) is 10.2 Å². The highest BCUT2D eigenvalue weighted by molar-refractivity contribution is 9.10. The van der Waals surface area contributed by atoms with Gasteiger partial charge in [-0.05, 0) is 55.5 Å². The zero-order chi connectivity index (χ0) is 22.0. The third kappa shape index (κ3) is 4.73. The second-order valence-electron chi connectivity index (χ2n) is 7.17. The Morgan fingerprint density at radius 2 is 1.68 bits per heavy atom. The van der Waals surface area contributed by atoms with Crippen LogP contribution in [-0.4, -0.2) is 23.0 Å². The Morgan fingerprint density at radius 1 is 1.00 bits per heavy atom. The molecule has 5 nitrogen and oxygen atoms in total. The van der Waals surface area contributed by atoms with Crippen LogP contribution in [0.15, 0.2) is 82.2 Å². The first-order chi connectivity index (χ1) is 14.9. The highest BCUT2D eigenvalue weighted by Crippen LogP contribution is 2.36. The van der Waals surface area contributed by atoms with Crippen LogP contribution in [0.25, 0.3) is 0 Å². The number of carbonyl (C=O) groups excluding carboxylic acids is 3. The summed E-state index contributed by atoms with van der Waals surface area (Å²) < 4.78 is 0.870. The molecule has 7 heteroatoms. The van der Waals surface area contributed by atoms with Gasteiger partial charge in [-0.1, -0.05) is 45.8 Å². The number of benzene rings is 3. The van der Waals surface area contributed by atoms with Crippen LogP contribution in [0.2, 0.25) is 0 Å². The number of anilines is 2. The minimum absolute atomic E-state index is 0.0908. The zero-order valence-electron chi connectivity index (χ0n) is 16.7. The lowest BCUT2D eigenvalue weighted by Gasteiger charge is -2.16. The summed E-state index contributed by atoms with van der Waals surface area (Å²) in [4.78, 5) is 40.3. The number of nitrogens with one attached hydrogen (secondary N) is 1. The number of aryl methyl sites for hydroxylation is 1. The first-order valence-electron chi connectivity index (χ1n) is 9.68. The molecule has 3 amide bonds. The number of amides is 3. The number of halogens is 1. The van der Waals surface area contributed by atoms with Crippen molar-refractivity contribution in [3.8, 4) is 0 Å². The maximum absolute atomic E-state index is 13.0. The molecule has 1 aliphatic heterocycles. The van der Waals surface area contributed by atoms with Crippen LogP contribution in [-0.2, 0) is 9.59 Å². The minimum atomic E-state index is -0.579. The Hall–Kier alpha value is -2.90. The van der Waals surface area contributed by atoms with Crippen molar-refractivity contribution >= 4 is 56.8 Å². The van der Waals surface area contributed by atoms with Crippen LogP contribution in [0.1, 0.15) is 22.3 Å². The predicted molar refractivity (Wildman–Crippen MR) is 126 cm³/mol. The van der Waals surface area contributed by atoms with E-state index >= 15 is 0 Å². The number of hydrogen-bond acceptors (Lipinski definition) is 4. The number of rotatable bonds is 5. The topological polar surface area (TPSA) is 66.5 Å². The molecule has 3 aromatic rings. The first-order valence-corrected chi connectivity index (χ1v) is 11.4. The van der Waals surface area contributed by atoms with Crippen molar-refractivity contribution in [2.24, 2.45) is 0 Å². The molecule has 3 aromatic carbocycles. The van der Waals surface area contributed by atoms with Crippen molar-refractivity contribution in [1.82, 2.24) is 0 Å². The normalized spacial score (nSPS) is 15.9. The van der Waals surface area contributed by atoms with E-state index in [9.17, 15) is 14.4 Å². The quantitative estimate of drug-likeness (QED) is 0.480. The van der Waals surface area contributed by atoms with Gasteiger partial charge < -0.3 is 5.32 Å². The van der Waals surface area contributed by atoms with Gasteiger partial charge in [-0.15, -0.1) is 11.8 Å². The van der Waals surface area contributed by atoms with Gasteiger partial charge in [0.2, 0.25) is 11.8 Å². The van der Waals surface area contributed by atoms with E-state index in [1.54, 1.807) is 42.5 Å². The molecule has 0 aromatic heterocycles. The number of nitrogens with zero attached hydrogens (tertiary/aromatic N) is 1. The van der Waals surface area contributed by atoms with Crippen LogP contribution in [0.4, 0.5) is 11.4 Å². The highest BCUT2D eigenvalue weighted by Gasteiger charge is 2.40. The molecule has 0 aliphatic carbocycles. The van der Waals surface area contributed by atoms with E-state index in [1.165, 1.54) is 16.7 Å². The fraction of sp³-hybridized carbons (Fsp3) is 0.125. The summed E-state index contributed by atoms with van der Waals surface area (Å²) in [6.45, 7) is 1.98. The van der Waals surface area contributed by atoms with E-state index in [0.29, 0.717) is 21.8 Å². The molecule has 0 spiro atoms. The second-order valence-corrected chi connectivity index (χ2v) is 9.33. The van der Waals surface area contributed by atoms with Crippen molar-refractivity contribution in [3.63, 3.8) is 0 Å². The lowest BCUT2D eigenvalue weighted by atomic mass is 10.2. The van der Waals surface area contributed by atoms with Crippen LogP contribution >= 0.6 is 27.7 Å². The number of carbonyl (C=O) groups is 3. The third-order valence-corrected chi connectivity index (χ3v) is 6.69. The maximum atomic E-state index is 13.0. The maximum Gasteiger partial charge on any atom is 0.256 e. The summed E-state index contributed by atoms with van der Waals surface area (Å²) in [7, 11) is 0. The summed E-state index contributed by atoms with van der Waals surface area (Å²) in [6.07, 6.45) is 0.0908. The number of imide groups is 1. The van der Waals surface area contributed by atoms with E-state index in [2.05, 4.69) is 21.2 Å². The van der Waals surface area contributed by atoms with Crippen molar-refractivity contribution in [2.45, 2.75) is 23.5 Å². The van der Waals surface area contributed by atoms with Crippen LogP contribution in [0, 0.1) is 6.92 Å². The molecule has 156 valence electrons. The fourth-order valence-corrected chi connectivity index (χ4v) is 4.75. The molecule has 1 aliphatic rings. The van der Waals surface area contributed by atoms with E-state index in [-0.39, 0.29) is 24.1 Å². The molecule has 4 rings (SSSR count). The second kappa shape index (κ2) is 9.08. The SMILES string of the molecule is Cc1ccc(NC(=O)c2ccccc2S[C@H]2CC(=O)N(c3ccc(Br)cc3)C2=O)cc1. The Balaban J connectivity index is 1.53. The van der Waals surface area contributed by atoms with Gasteiger partial charge in [0.25, 0.3) is 5.91 Å². The zero-order valence-corrected chi connectivity index (χ0v) is 19.1. The first kappa shape index (κ1) is 21.3. The van der Waals surface area contributed by atoms with Gasteiger partial charge in [-0.25, -0.2) is 4.90 Å². The molecule has 1 atom stereocenters. The molecular formula is C24H19BrN2O3S. The van der Waals surface area contributed by atoms with Crippen LogP contribution in [0.3, 0.4) is 0 Å². The van der Waals surface area contributed by atoms with Crippen LogP contribution < -0.4 is 10.2 Å². The molecule has 1 fully saturated rings. The van der Waals surface area contributed by atoms with Gasteiger partial charge in [-0.3, -0.25) is 14.4 Å². The average Bonchev–Trinajstić information content (AvgIpc) is 3.04. The molecule has 1 saturated heterocycles. The van der Waals surface area contributed by atoms with Crippen molar-refractivity contribution in [3.05, 3.63) is 88.4 Å². The Labute approximate surface area is 193 Å². The third-order valence-electron chi connectivity index (χ3n) is 4.90. The minimum Gasteiger partial charge on any atom is -0.322 e. The standard InChI is InChI=1S/C24H19BrN2O3S/c1-15-6-10-17(11-7-15)26-23(29)19-4-2-3-5-20(19)31-21-14-22(28)27(24(21)30)18-12-8-16(25)9-13-18/h2-13,21H,14H2,1H3,(H,26,29)/t21-/m0/s1. The molecule has 31 heavy (non-hydrogen) atoms. The monoisotopic (exact) mass is 494 g/mol. The van der Waals surface area contributed by atoms with Crippen molar-refractivity contribution in [1.29, 1.82) is 0 Å². The van der Waals surface area contributed by atoms with E-state index in [0.717, 1.165) is 10.0 Å². The Morgan fingerprint density at radius 3 is 2.39 bits per heavy atom. The molecular weight excluding hydrogens is 476 g/mol. The van der Waals surface area contributed by atoms with E-state index in [1.807, 2.05) is 37.3 Å². The molecule has 0 unspecified atom stereocenters. The largest absolute Gasteiger partial charge is 0.322 e. The predicted octanol–water partition coefficient (Wildman–Crippen LogP) is 5.43. The lowest BCUT2D eigenvalue weighted by Crippen LogP contribution is -2.31. The average molecular weight is 495 g/mol. The van der Waals surface area contributed by atoms with Gasteiger partial charge in [-0.2, -0.15) is 0 Å². The van der Waals surface area contributed by atoms with E-state index < -0.39 is 5.25 Å². The Kier molecular flexibility index (Phi) is 6.25. The van der Waals surface area contributed by atoms with Gasteiger partial charge in [0.05, 0.1) is 16.5 Å². The Bertz CT molecular complexity index is 1150. The smallest absolute Gasteiger partial charge is 0.256 e.